The number of hydrogen-bond donors (Lipinski definition) is 2. The number of nitrogens with two attached hydrogens (primary N) is 1. The van der Waals surface area contributed by atoms with Crippen LogP contribution in [0.15, 0.2) is 34.7 Å². The highest BCUT2D eigenvalue weighted by Gasteiger charge is 2.32. The Morgan fingerprint density at radius 1 is 1.12 bits per heavy atom. The van der Waals surface area contributed by atoms with Gasteiger partial charge >= 0.3 is 6.01 Å². The number of likely N-dealkylation sites (N-methyl/N-ethyl adjacent to an activating group) is 1. The van der Waals surface area contributed by atoms with Crippen molar-refractivity contribution in [3.8, 4) is 28.5 Å². The van der Waals surface area contributed by atoms with E-state index in [9.17, 15) is 9.18 Å². The summed E-state index contributed by atoms with van der Waals surface area (Å²) in [6, 6.07) is 7.03. The zero-order valence-electron chi connectivity index (χ0n) is 23.3. The van der Waals surface area contributed by atoms with Gasteiger partial charge in [0.05, 0.1) is 27.8 Å². The molecule has 1 amide bonds. The second kappa shape index (κ2) is 12.8. The summed E-state index contributed by atoms with van der Waals surface area (Å²) in [5.74, 6) is -1.14. The maximum absolute atomic E-state index is 16.3. The third-order valence-electron chi connectivity index (χ3n) is 7.32. The summed E-state index contributed by atoms with van der Waals surface area (Å²) in [5.41, 5.74) is 7.18. The number of amides is 1. The number of halogens is 4. The third kappa shape index (κ3) is 6.28. The number of carbonyl (C=O) groups is 1. The van der Waals surface area contributed by atoms with Gasteiger partial charge in [0.1, 0.15) is 11.6 Å². The summed E-state index contributed by atoms with van der Waals surface area (Å²) >= 11 is 12.6. The van der Waals surface area contributed by atoms with Crippen LogP contribution in [0.2, 0.25) is 10.0 Å². The number of hydrogen-bond acceptors (Lipinski definition) is 7. The number of anilines is 1. The Morgan fingerprint density at radius 2 is 1.88 bits per heavy atom. The first kappa shape index (κ1) is 29.9. The molecule has 2 heterocycles. The van der Waals surface area contributed by atoms with E-state index in [0.717, 1.165) is 32.1 Å². The van der Waals surface area contributed by atoms with Crippen molar-refractivity contribution in [3.05, 3.63) is 63.4 Å². The van der Waals surface area contributed by atoms with Gasteiger partial charge in [-0.1, -0.05) is 53.6 Å². The SMILES string of the molecule is CN(C)CCNC(=O)Cc1ccc(Cl)c(F)c1-n1c(C2CCCCC2)nc(-c2nnc(N)o2)c1-c1ccc(F)c(Cl)c1. The summed E-state index contributed by atoms with van der Waals surface area (Å²) in [6.07, 6.45) is 4.53. The molecule has 2 aromatic carbocycles. The number of nitrogen functional groups attached to an aromatic ring is 1. The van der Waals surface area contributed by atoms with Crippen molar-refractivity contribution in [2.45, 2.75) is 44.4 Å². The van der Waals surface area contributed by atoms with Crippen molar-refractivity contribution < 1.29 is 18.0 Å². The number of carbonyl (C=O) groups excluding carboxylic acids is 1. The Kier molecular flexibility index (Phi) is 9.10. The maximum Gasteiger partial charge on any atom is 0.313 e. The number of benzene rings is 2. The molecule has 4 aromatic rings. The minimum atomic E-state index is -0.726. The normalized spacial score (nSPS) is 14.1. The van der Waals surface area contributed by atoms with Crippen LogP contribution in [-0.4, -0.2) is 57.7 Å². The molecular formula is C29H31Cl2F2N7O2. The molecule has 9 nitrogen and oxygen atoms in total. The van der Waals surface area contributed by atoms with Crippen LogP contribution in [0.3, 0.4) is 0 Å². The van der Waals surface area contributed by atoms with Crippen LogP contribution in [0.5, 0.6) is 0 Å². The number of nitrogens with zero attached hydrogens (tertiary/aromatic N) is 5. The number of nitrogens with one attached hydrogen (secondary N) is 1. The van der Waals surface area contributed by atoms with Gasteiger partial charge in [-0.3, -0.25) is 9.36 Å². The molecule has 0 radical (unpaired) electrons. The van der Waals surface area contributed by atoms with Gasteiger partial charge in [-0.25, -0.2) is 13.8 Å². The molecule has 0 atom stereocenters. The van der Waals surface area contributed by atoms with Gasteiger partial charge in [-0.2, -0.15) is 0 Å². The topological polar surface area (TPSA) is 115 Å². The molecular weight excluding hydrogens is 587 g/mol. The Labute approximate surface area is 252 Å². The lowest BCUT2D eigenvalue weighted by atomic mass is 9.88. The van der Waals surface area contributed by atoms with Gasteiger partial charge in [0, 0.05) is 24.6 Å². The molecule has 0 aliphatic heterocycles. The van der Waals surface area contributed by atoms with E-state index in [1.807, 2.05) is 19.0 Å². The van der Waals surface area contributed by atoms with Crippen LogP contribution >= 0.6 is 23.2 Å². The number of aromatic nitrogens is 4. The molecule has 42 heavy (non-hydrogen) atoms. The van der Waals surface area contributed by atoms with E-state index in [1.54, 1.807) is 10.6 Å². The molecule has 0 bridgehead atoms. The lowest BCUT2D eigenvalue weighted by Gasteiger charge is -2.24. The van der Waals surface area contributed by atoms with Crippen LogP contribution in [0.1, 0.15) is 49.4 Å². The molecule has 0 spiro atoms. The fourth-order valence-electron chi connectivity index (χ4n) is 5.31. The fourth-order valence-corrected chi connectivity index (χ4v) is 5.64. The summed E-state index contributed by atoms with van der Waals surface area (Å²) in [6.45, 7) is 1.07. The lowest BCUT2D eigenvalue weighted by molar-refractivity contribution is -0.120. The molecule has 1 fully saturated rings. The predicted octanol–water partition coefficient (Wildman–Crippen LogP) is 6.02. The highest BCUT2D eigenvalue weighted by atomic mass is 35.5. The molecule has 1 aliphatic carbocycles. The molecule has 1 saturated carbocycles. The first-order valence-electron chi connectivity index (χ1n) is 13.7. The average molecular weight is 619 g/mol. The van der Waals surface area contributed by atoms with Gasteiger partial charge in [0.15, 0.2) is 11.5 Å². The Morgan fingerprint density at radius 3 is 2.55 bits per heavy atom. The van der Waals surface area contributed by atoms with Crippen molar-refractivity contribution >= 4 is 35.1 Å². The second-order valence-electron chi connectivity index (χ2n) is 10.6. The molecule has 2 aromatic heterocycles. The Hall–Kier alpha value is -3.54. The van der Waals surface area contributed by atoms with Crippen LogP contribution in [-0.2, 0) is 11.2 Å². The molecule has 1 aliphatic rings. The van der Waals surface area contributed by atoms with Crippen molar-refractivity contribution in [1.29, 1.82) is 0 Å². The second-order valence-corrected chi connectivity index (χ2v) is 11.4. The summed E-state index contributed by atoms with van der Waals surface area (Å²) in [4.78, 5) is 19.9. The van der Waals surface area contributed by atoms with Crippen molar-refractivity contribution in [1.82, 2.24) is 30.0 Å². The molecule has 0 unspecified atom stereocenters. The largest absolute Gasteiger partial charge is 0.402 e. The molecule has 5 rings (SSSR count). The van der Waals surface area contributed by atoms with Gasteiger partial charge in [0.25, 0.3) is 5.89 Å². The molecule has 0 saturated heterocycles. The molecule has 3 N–H and O–H groups in total. The molecule has 222 valence electrons. The van der Waals surface area contributed by atoms with Crippen molar-refractivity contribution in [2.24, 2.45) is 0 Å². The van der Waals surface area contributed by atoms with E-state index in [1.165, 1.54) is 24.3 Å². The third-order valence-corrected chi connectivity index (χ3v) is 7.90. The highest BCUT2D eigenvalue weighted by Crippen LogP contribution is 2.43. The zero-order chi connectivity index (χ0) is 30.0. The Bertz CT molecular complexity index is 1600. The fraction of sp³-hybridized carbons (Fsp3) is 0.379. The van der Waals surface area contributed by atoms with Gasteiger partial charge in [-0.15, -0.1) is 5.10 Å². The van der Waals surface area contributed by atoms with E-state index in [0.29, 0.717) is 35.7 Å². The van der Waals surface area contributed by atoms with E-state index in [2.05, 4.69) is 15.5 Å². The summed E-state index contributed by atoms with van der Waals surface area (Å²) < 4.78 is 37.8. The van der Waals surface area contributed by atoms with E-state index < -0.39 is 11.6 Å². The quantitative estimate of drug-likeness (QED) is 0.236. The van der Waals surface area contributed by atoms with Crippen LogP contribution in [0.4, 0.5) is 14.8 Å². The van der Waals surface area contributed by atoms with Gasteiger partial charge in [0.2, 0.25) is 5.91 Å². The average Bonchev–Trinajstić information content (AvgIpc) is 3.56. The predicted molar refractivity (Wildman–Crippen MR) is 158 cm³/mol. The summed E-state index contributed by atoms with van der Waals surface area (Å²) in [7, 11) is 3.81. The zero-order valence-corrected chi connectivity index (χ0v) is 24.8. The van der Waals surface area contributed by atoms with Crippen LogP contribution in [0, 0.1) is 11.6 Å². The van der Waals surface area contributed by atoms with E-state index in [4.69, 9.17) is 38.3 Å². The van der Waals surface area contributed by atoms with Gasteiger partial charge < -0.3 is 20.4 Å². The van der Waals surface area contributed by atoms with E-state index >= 15 is 4.39 Å². The number of imidazole rings is 1. The van der Waals surface area contributed by atoms with Gasteiger partial charge in [-0.05, 0) is 56.8 Å². The maximum atomic E-state index is 16.3. The first-order valence-corrected chi connectivity index (χ1v) is 14.5. The number of rotatable bonds is 9. The lowest BCUT2D eigenvalue weighted by Crippen LogP contribution is -2.32. The first-order chi connectivity index (χ1) is 20.1. The van der Waals surface area contributed by atoms with E-state index in [-0.39, 0.29) is 51.6 Å². The van der Waals surface area contributed by atoms with Crippen LogP contribution < -0.4 is 11.1 Å². The standard InChI is InChI=1S/C29H31Cl2F2N7O2/c1-39(2)13-12-35-22(41)15-18-8-10-19(30)23(33)25(18)40-26(17-9-11-21(32)20(31)14-17)24(28-37-38-29(34)42-28)36-27(40)16-6-4-3-5-7-16/h8-11,14,16H,3-7,12-13,15H2,1-2H3,(H2,34,38)(H,35,41). The van der Waals surface area contributed by atoms with Crippen molar-refractivity contribution in [2.75, 3.05) is 32.9 Å². The minimum absolute atomic E-state index is 0.00386. The molecule has 13 heteroatoms. The smallest absolute Gasteiger partial charge is 0.313 e. The Balaban J connectivity index is 1.77. The van der Waals surface area contributed by atoms with Crippen molar-refractivity contribution in [3.63, 3.8) is 0 Å². The summed E-state index contributed by atoms with van der Waals surface area (Å²) in [5, 5.41) is 10.5. The highest BCUT2D eigenvalue weighted by molar-refractivity contribution is 6.31. The minimum Gasteiger partial charge on any atom is -0.402 e. The monoisotopic (exact) mass is 617 g/mol. The van der Waals surface area contributed by atoms with Crippen LogP contribution in [0.25, 0.3) is 28.5 Å².